The van der Waals surface area contributed by atoms with Gasteiger partial charge >= 0.3 is 5.97 Å². The van der Waals surface area contributed by atoms with Crippen molar-refractivity contribution in [1.82, 2.24) is 4.90 Å². The molecule has 1 aliphatic heterocycles. The molecule has 0 aromatic heterocycles. The Morgan fingerprint density at radius 3 is 2.55 bits per heavy atom. The van der Waals surface area contributed by atoms with Gasteiger partial charge in [0.25, 0.3) is 0 Å². The van der Waals surface area contributed by atoms with Gasteiger partial charge in [0.1, 0.15) is 0 Å². The minimum atomic E-state index is -0.821. The molecule has 0 saturated heterocycles. The van der Waals surface area contributed by atoms with Gasteiger partial charge in [-0.15, -0.1) is 0 Å². The molecule has 1 aromatic rings. The number of rotatable bonds is 2. The number of aliphatic carboxylic acids is 1. The number of carboxylic acids is 1. The predicted molar refractivity (Wildman–Crippen MR) is 74.0 cm³/mol. The maximum atomic E-state index is 12.6. The molecule has 0 bridgehead atoms. The van der Waals surface area contributed by atoms with E-state index >= 15 is 0 Å². The average Bonchev–Trinajstić information content (AvgIpc) is 2.95. The van der Waals surface area contributed by atoms with Crippen LogP contribution in [0.1, 0.15) is 30.4 Å². The van der Waals surface area contributed by atoms with Gasteiger partial charge in [0.2, 0.25) is 5.91 Å². The first kappa shape index (κ1) is 13.2. The molecule has 0 spiro atoms. The Morgan fingerprint density at radius 2 is 1.80 bits per heavy atom. The van der Waals surface area contributed by atoms with Crippen LogP contribution in [0.2, 0.25) is 0 Å². The second-order valence-corrected chi connectivity index (χ2v) is 5.76. The van der Waals surface area contributed by atoms with Crippen LogP contribution >= 0.6 is 0 Å². The van der Waals surface area contributed by atoms with Crippen LogP contribution in [0, 0.1) is 11.8 Å². The zero-order valence-electron chi connectivity index (χ0n) is 11.4. The van der Waals surface area contributed by atoms with E-state index in [1.54, 1.807) is 0 Å². The molecule has 1 N–H and O–H groups in total. The molecule has 0 unspecified atom stereocenters. The van der Waals surface area contributed by atoms with Crippen molar-refractivity contribution in [2.75, 3.05) is 6.54 Å². The lowest BCUT2D eigenvalue weighted by Crippen LogP contribution is -2.41. The van der Waals surface area contributed by atoms with Crippen molar-refractivity contribution in [3.8, 4) is 0 Å². The van der Waals surface area contributed by atoms with Gasteiger partial charge in [0, 0.05) is 13.1 Å². The number of amides is 1. The molecule has 2 aliphatic rings. The topological polar surface area (TPSA) is 57.6 Å². The van der Waals surface area contributed by atoms with Crippen molar-refractivity contribution >= 4 is 11.9 Å². The van der Waals surface area contributed by atoms with Crippen molar-refractivity contribution in [2.24, 2.45) is 11.8 Å². The summed E-state index contributed by atoms with van der Waals surface area (Å²) in [5.74, 6) is -1.60. The fraction of sp³-hybridized carbons (Fsp3) is 0.500. The van der Waals surface area contributed by atoms with E-state index in [0.717, 1.165) is 12.8 Å². The standard InChI is InChI=1S/C16H19NO3/c18-15(13-6-3-7-14(13)16(19)20)17-9-8-11-4-1-2-5-12(11)10-17/h1-2,4-5,13-14H,3,6-10H2,(H,19,20)/t13-,14+/m1/s1. The molecule has 20 heavy (non-hydrogen) atoms. The Kier molecular flexibility index (Phi) is 3.47. The van der Waals surface area contributed by atoms with Gasteiger partial charge in [-0.05, 0) is 30.4 Å². The summed E-state index contributed by atoms with van der Waals surface area (Å²) in [4.78, 5) is 25.7. The van der Waals surface area contributed by atoms with Crippen LogP contribution in [0.15, 0.2) is 24.3 Å². The second kappa shape index (κ2) is 5.27. The van der Waals surface area contributed by atoms with Crippen LogP contribution in [-0.2, 0) is 22.6 Å². The molecule has 4 nitrogen and oxygen atoms in total. The molecule has 1 aromatic carbocycles. The first-order chi connectivity index (χ1) is 9.66. The third-order valence-electron chi connectivity index (χ3n) is 4.59. The minimum Gasteiger partial charge on any atom is -0.481 e. The van der Waals surface area contributed by atoms with E-state index in [9.17, 15) is 14.7 Å². The number of carbonyl (C=O) groups is 2. The molecule has 1 aliphatic carbocycles. The molecule has 4 heteroatoms. The zero-order valence-corrected chi connectivity index (χ0v) is 11.4. The van der Waals surface area contributed by atoms with Gasteiger partial charge in [0.05, 0.1) is 11.8 Å². The summed E-state index contributed by atoms with van der Waals surface area (Å²) in [7, 11) is 0. The number of carbonyl (C=O) groups excluding carboxylic acids is 1. The number of carboxylic acid groups (broad SMARTS) is 1. The summed E-state index contributed by atoms with van der Waals surface area (Å²) in [5.41, 5.74) is 2.50. The first-order valence-electron chi connectivity index (χ1n) is 7.25. The monoisotopic (exact) mass is 273 g/mol. The lowest BCUT2D eigenvalue weighted by molar-refractivity contribution is -0.149. The molecule has 0 radical (unpaired) electrons. The normalized spacial score (nSPS) is 25.3. The number of nitrogens with zero attached hydrogens (tertiary/aromatic N) is 1. The van der Waals surface area contributed by atoms with Crippen LogP contribution in [0.3, 0.4) is 0 Å². The highest BCUT2D eigenvalue weighted by molar-refractivity contribution is 5.85. The highest BCUT2D eigenvalue weighted by Crippen LogP contribution is 2.34. The van der Waals surface area contributed by atoms with Crippen molar-refractivity contribution < 1.29 is 14.7 Å². The van der Waals surface area contributed by atoms with Gasteiger partial charge in [-0.1, -0.05) is 30.7 Å². The van der Waals surface area contributed by atoms with Gasteiger partial charge in [-0.3, -0.25) is 9.59 Å². The number of fused-ring (bicyclic) bond motifs is 1. The van der Waals surface area contributed by atoms with E-state index in [2.05, 4.69) is 12.1 Å². The van der Waals surface area contributed by atoms with Crippen LogP contribution in [-0.4, -0.2) is 28.4 Å². The smallest absolute Gasteiger partial charge is 0.307 e. The molecule has 106 valence electrons. The van der Waals surface area contributed by atoms with E-state index in [0.29, 0.717) is 25.9 Å². The SMILES string of the molecule is O=C(O)[C@H]1CCC[C@H]1C(=O)N1CCc2ccccc2C1. The Bertz CT molecular complexity index is 540. The number of benzene rings is 1. The van der Waals surface area contributed by atoms with E-state index in [4.69, 9.17) is 0 Å². The van der Waals surface area contributed by atoms with Crippen molar-refractivity contribution in [3.05, 3.63) is 35.4 Å². The highest BCUT2D eigenvalue weighted by atomic mass is 16.4. The maximum absolute atomic E-state index is 12.6. The summed E-state index contributed by atoms with van der Waals surface area (Å²) in [5, 5.41) is 9.22. The average molecular weight is 273 g/mol. The Morgan fingerprint density at radius 1 is 1.10 bits per heavy atom. The van der Waals surface area contributed by atoms with Crippen LogP contribution < -0.4 is 0 Å². The highest BCUT2D eigenvalue weighted by Gasteiger charge is 2.40. The number of hydrogen-bond acceptors (Lipinski definition) is 2. The molecular weight excluding hydrogens is 254 g/mol. The zero-order chi connectivity index (χ0) is 14.1. The molecule has 1 fully saturated rings. The summed E-state index contributed by atoms with van der Waals surface area (Å²) < 4.78 is 0. The fourth-order valence-electron chi connectivity index (χ4n) is 3.47. The molecule has 1 saturated carbocycles. The Hall–Kier alpha value is -1.84. The van der Waals surface area contributed by atoms with Crippen LogP contribution in [0.4, 0.5) is 0 Å². The van der Waals surface area contributed by atoms with E-state index in [-0.39, 0.29) is 11.8 Å². The lowest BCUT2D eigenvalue weighted by Gasteiger charge is -2.31. The van der Waals surface area contributed by atoms with Crippen molar-refractivity contribution in [1.29, 1.82) is 0 Å². The molecular formula is C16H19NO3. The van der Waals surface area contributed by atoms with Gasteiger partial charge in [-0.2, -0.15) is 0 Å². The number of hydrogen-bond donors (Lipinski definition) is 1. The third-order valence-corrected chi connectivity index (χ3v) is 4.59. The van der Waals surface area contributed by atoms with E-state index in [1.807, 2.05) is 17.0 Å². The quantitative estimate of drug-likeness (QED) is 0.897. The first-order valence-corrected chi connectivity index (χ1v) is 7.25. The van der Waals surface area contributed by atoms with Crippen molar-refractivity contribution in [3.63, 3.8) is 0 Å². The molecule has 1 heterocycles. The fourth-order valence-corrected chi connectivity index (χ4v) is 3.47. The lowest BCUT2D eigenvalue weighted by atomic mass is 9.92. The minimum absolute atomic E-state index is 0.0319. The molecule has 1 amide bonds. The van der Waals surface area contributed by atoms with Crippen LogP contribution in [0.25, 0.3) is 0 Å². The summed E-state index contributed by atoms with van der Waals surface area (Å²) >= 11 is 0. The van der Waals surface area contributed by atoms with Gasteiger partial charge < -0.3 is 10.0 Å². The van der Waals surface area contributed by atoms with Gasteiger partial charge in [-0.25, -0.2) is 0 Å². The summed E-state index contributed by atoms with van der Waals surface area (Å²) in [6.45, 7) is 1.33. The summed E-state index contributed by atoms with van der Waals surface area (Å²) in [6.07, 6.45) is 3.06. The summed E-state index contributed by atoms with van der Waals surface area (Å²) in [6, 6.07) is 8.17. The maximum Gasteiger partial charge on any atom is 0.307 e. The largest absolute Gasteiger partial charge is 0.481 e. The van der Waals surface area contributed by atoms with Crippen molar-refractivity contribution in [2.45, 2.75) is 32.2 Å². The predicted octanol–water partition coefficient (Wildman–Crippen LogP) is 2.07. The second-order valence-electron chi connectivity index (χ2n) is 5.76. The van der Waals surface area contributed by atoms with Gasteiger partial charge in [0.15, 0.2) is 0 Å². The third kappa shape index (κ3) is 2.30. The Labute approximate surface area is 118 Å². The van der Waals surface area contributed by atoms with Crippen LogP contribution in [0.5, 0.6) is 0 Å². The molecule has 3 rings (SSSR count). The Balaban J connectivity index is 1.74. The van der Waals surface area contributed by atoms with E-state index in [1.165, 1.54) is 11.1 Å². The van der Waals surface area contributed by atoms with E-state index < -0.39 is 11.9 Å². The molecule has 2 atom stereocenters.